The molecule has 2 amide bonds. The lowest BCUT2D eigenvalue weighted by molar-refractivity contribution is -0.123. The third-order valence-electron chi connectivity index (χ3n) is 3.53. The Bertz CT molecular complexity index is 498. The third-order valence-corrected chi connectivity index (χ3v) is 3.97. The molecule has 1 saturated heterocycles. The van der Waals surface area contributed by atoms with E-state index in [-0.39, 0.29) is 17.7 Å². The first-order valence-corrected chi connectivity index (χ1v) is 7.26. The molecule has 1 unspecified atom stereocenters. The van der Waals surface area contributed by atoms with E-state index in [9.17, 15) is 9.59 Å². The number of hydrogen-bond donors (Lipinski definition) is 1. The zero-order valence-corrected chi connectivity index (χ0v) is 12.5. The predicted molar refractivity (Wildman–Crippen MR) is 75.6 cm³/mol. The van der Waals surface area contributed by atoms with Gasteiger partial charge in [-0.25, -0.2) is 0 Å². The maximum Gasteiger partial charge on any atom is 0.270 e. The Labute approximate surface area is 120 Å². The van der Waals surface area contributed by atoms with Gasteiger partial charge < -0.3 is 15.2 Å². The fraction of sp³-hybridized carbons (Fsp3) is 0.538. The van der Waals surface area contributed by atoms with E-state index in [1.54, 1.807) is 4.90 Å². The summed E-state index contributed by atoms with van der Waals surface area (Å²) >= 11 is 3.39. The second-order valence-electron chi connectivity index (χ2n) is 4.82. The fourth-order valence-electron chi connectivity index (χ4n) is 2.47. The molecular formula is C13H18BrN3O2. The zero-order valence-electron chi connectivity index (χ0n) is 10.9. The SMILES string of the molecule is CCn1cc(Br)cc1C(=O)N1CCCC(C(N)=O)C1. The van der Waals surface area contributed by atoms with Crippen LogP contribution in [-0.2, 0) is 11.3 Å². The van der Waals surface area contributed by atoms with Gasteiger partial charge in [-0.1, -0.05) is 0 Å². The van der Waals surface area contributed by atoms with E-state index in [0.717, 1.165) is 23.9 Å². The van der Waals surface area contributed by atoms with E-state index in [2.05, 4.69) is 15.9 Å². The van der Waals surface area contributed by atoms with Crippen LogP contribution in [0.5, 0.6) is 0 Å². The summed E-state index contributed by atoms with van der Waals surface area (Å²) in [5, 5.41) is 0. The molecule has 2 rings (SSSR count). The van der Waals surface area contributed by atoms with Gasteiger partial charge in [0, 0.05) is 30.3 Å². The van der Waals surface area contributed by atoms with Crippen molar-refractivity contribution in [2.24, 2.45) is 11.7 Å². The number of rotatable bonds is 3. The Morgan fingerprint density at radius 3 is 2.89 bits per heavy atom. The van der Waals surface area contributed by atoms with Gasteiger partial charge in [0.25, 0.3) is 5.91 Å². The Morgan fingerprint density at radius 1 is 1.53 bits per heavy atom. The molecule has 1 fully saturated rings. The Balaban J connectivity index is 2.16. The molecule has 5 nitrogen and oxygen atoms in total. The number of carbonyl (C=O) groups excluding carboxylic acids is 2. The molecule has 1 aromatic rings. The maximum atomic E-state index is 12.5. The number of aromatic nitrogens is 1. The summed E-state index contributed by atoms with van der Waals surface area (Å²) in [4.78, 5) is 25.5. The van der Waals surface area contributed by atoms with Crippen LogP contribution in [-0.4, -0.2) is 34.4 Å². The van der Waals surface area contributed by atoms with Crippen molar-refractivity contribution in [2.75, 3.05) is 13.1 Å². The van der Waals surface area contributed by atoms with Gasteiger partial charge in [-0.15, -0.1) is 0 Å². The molecule has 0 spiro atoms. The van der Waals surface area contributed by atoms with E-state index in [0.29, 0.717) is 18.8 Å². The van der Waals surface area contributed by atoms with Crippen molar-refractivity contribution in [3.8, 4) is 0 Å². The molecule has 1 aromatic heterocycles. The third kappa shape index (κ3) is 3.00. The second-order valence-corrected chi connectivity index (χ2v) is 5.74. The van der Waals surface area contributed by atoms with Crippen LogP contribution in [0, 0.1) is 5.92 Å². The summed E-state index contributed by atoms with van der Waals surface area (Å²) in [5.41, 5.74) is 5.99. The van der Waals surface area contributed by atoms with E-state index >= 15 is 0 Å². The van der Waals surface area contributed by atoms with Gasteiger partial charge in [0.05, 0.1) is 5.92 Å². The van der Waals surface area contributed by atoms with Gasteiger partial charge in [0.1, 0.15) is 5.69 Å². The number of hydrogen-bond acceptors (Lipinski definition) is 2. The van der Waals surface area contributed by atoms with Crippen molar-refractivity contribution in [3.63, 3.8) is 0 Å². The first-order valence-electron chi connectivity index (χ1n) is 6.47. The number of nitrogens with two attached hydrogens (primary N) is 1. The summed E-state index contributed by atoms with van der Waals surface area (Å²) in [6.45, 7) is 3.85. The topological polar surface area (TPSA) is 68.3 Å². The molecule has 2 heterocycles. The van der Waals surface area contributed by atoms with Crippen LogP contribution in [0.2, 0.25) is 0 Å². The summed E-state index contributed by atoms with van der Waals surface area (Å²) in [5.74, 6) is -0.561. The summed E-state index contributed by atoms with van der Waals surface area (Å²) < 4.78 is 2.79. The zero-order chi connectivity index (χ0) is 14.0. The number of likely N-dealkylation sites (tertiary alicyclic amines) is 1. The van der Waals surface area contributed by atoms with Crippen molar-refractivity contribution in [1.82, 2.24) is 9.47 Å². The second kappa shape index (κ2) is 5.77. The van der Waals surface area contributed by atoms with Crippen molar-refractivity contribution in [2.45, 2.75) is 26.3 Å². The molecule has 2 N–H and O–H groups in total. The summed E-state index contributed by atoms with van der Waals surface area (Å²) in [6.07, 6.45) is 3.49. The highest BCUT2D eigenvalue weighted by atomic mass is 79.9. The highest BCUT2D eigenvalue weighted by Gasteiger charge is 2.28. The number of aryl methyl sites for hydroxylation is 1. The minimum Gasteiger partial charge on any atom is -0.369 e. The molecule has 1 atom stereocenters. The van der Waals surface area contributed by atoms with E-state index in [1.165, 1.54) is 0 Å². The fourth-order valence-corrected chi connectivity index (χ4v) is 2.94. The summed E-state index contributed by atoms with van der Waals surface area (Å²) in [7, 11) is 0. The molecule has 104 valence electrons. The first kappa shape index (κ1) is 14.1. The van der Waals surface area contributed by atoms with Gasteiger partial charge in [0.2, 0.25) is 5.91 Å². The number of amides is 2. The quantitative estimate of drug-likeness (QED) is 0.916. The van der Waals surface area contributed by atoms with Crippen LogP contribution in [0.15, 0.2) is 16.7 Å². The van der Waals surface area contributed by atoms with Gasteiger partial charge in [-0.05, 0) is 41.8 Å². The Morgan fingerprint density at radius 2 is 2.26 bits per heavy atom. The number of piperidine rings is 1. The molecule has 1 aliphatic heterocycles. The lowest BCUT2D eigenvalue weighted by atomic mass is 9.97. The standard InChI is InChI=1S/C13H18BrN3O2/c1-2-16-8-10(14)6-11(16)13(19)17-5-3-4-9(7-17)12(15)18/h6,8-9H,2-5,7H2,1H3,(H2,15,18). The smallest absolute Gasteiger partial charge is 0.270 e. The Hall–Kier alpha value is -1.30. The van der Waals surface area contributed by atoms with E-state index < -0.39 is 0 Å². The lowest BCUT2D eigenvalue weighted by Gasteiger charge is -2.31. The van der Waals surface area contributed by atoms with Crippen molar-refractivity contribution in [3.05, 3.63) is 22.4 Å². The van der Waals surface area contributed by atoms with Gasteiger partial charge in [-0.3, -0.25) is 9.59 Å². The highest BCUT2D eigenvalue weighted by Crippen LogP contribution is 2.21. The van der Waals surface area contributed by atoms with Crippen LogP contribution in [0.25, 0.3) is 0 Å². The van der Waals surface area contributed by atoms with Crippen molar-refractivity contribution >= 4 is 27.7 Å². The molecule has 19 heavy (non-hydrogen) atoms. The maximum absolute atomic E-state index is 12.5. The van der Waals surface area contributed by atoms with Crippen LogP contribution >= 0.6 is 15.9 Å². The predicted octanol–water partition coefficient (Wildman–Crippen LogP) is 1.61. The first-order chi connectivity index (χ1) is 9.02. The van der Waals surface area contributed by atoms with Crippen LogP contribution in [0.1, 0.15) is 30.3 Å². The van der Waals surface area contributed by atoms with E-state index in [4.69, 9.17) is 5.73 Å². The normalized spacial score (nSPS) is 19.5. The molecule has 0 aliphatic carbocycles. The van der Waals surface area contributed by atoms with Crippen LogP contribution < -0.4 is 5.73 Å². The van der Waals surface area contributed by atoms with Gasteiger partial charge in [-0.2, -0.15) is 0 Å². The average Bonchev–Trinajstić information content (AvgIpc) is 2.79. The number of primary amides is 1. The molecule has 0 bridgehead atoms. The molecule has 0 radical (unpaired) electrons. The minimum atomic E-state index is -0.315. The number of nitrogens with zero attached hydrogens (tertiary/aromatic N) is 2. The molecule has 1 aliphatic rings. The summed E-state index contributed by atoms with van der Waals surface area (Å²) in [6, 6.07) is 1.82. The van der Waals surface area contributed by atoms with Crippen molar-refractivity contribution < 1.29 is 9.59 Å². The minimum absolute atomic E-state index is 0.0292. The Kier molecular flexibility index (Phi) is 4.29. The molecule has 0 saturated carbocycles. The van der Waals surface area contributed by atoms with Crippen LogP contribution in [0.4, 0.5) is 0 Å². The molecule has 0 aromatic carbocycles. The largest absolute Gasteiger partial charge is 0.369 e. The lowest BCUT2D eigenvalue weighted by Crippen LogP contribution is -2.44. The number of halogens is 1. The average molecular weight is 328 g/mol. The molecule has 6 heteroatoms. The van der Waals surface area contributed by atoms with Gasteiger partial charge in [0.15, 0.2) is 0 Å². The monoisotopic (exact) mass is 327 g/mol. The highest BCUT2D eigenvalue weighted by molar-refractivity contribution is 9.10. The molecular weight excluding hydrogens is 310 g/mol. The van der Waals surface area contributed by atoms with E-state index in [1.807, 2.05) is 23.8 Å². The van der Waals surface area contributed by atoms with Crippen molar-refractivity contribution in [1.29, 1.82) is 0 Å². The van der Waals surface area contributed by atoms with Crippen LogP contribution in [0.3, 0.4) is 0 Å². The van der Waals surface area contributed by atoms with Gasteiger partial charge >= 0.3 is 0 Å². The number of carbonyl (C=O) groups is 2.